The monoisotopic (exact) mass is 297 g/mol. The van der Waals surface area contributed by atoms with Crippen molar-refractivity contribution in [2.75, 3.05) is 0 Å². The molecule has 2 rings (SSSR count). The van der Waals surface area contributed by atoms with Gasteiger partial charge < -0.3 is 4.74 Å². The third-order valence-electron chi connectivity index (χ3n) is 3.62. The summed E-state index contributed by atoms with van der Waals surface area (Å²) in [7, 11) is -3.84. The zero-order chi connectivity index (χ0) is 14.9. The second-order valence-electron chi connectivity index (χ2n) is 5.29. The molecule has 20 heavy (non-hydrogen) atoms. The van der Waals surface area contributed by atoms with Crippen LogP contribution in [0.25, 0.3) is 0 Å². The second kappa shape index (κ2) is 5.54. The first-order valence-corrected chi connectivity index (χ1v) is 8.18. The summed E-state index contributed by atoms with van der Waals surface area (Å²) in [4.78, 5) is 12.1. The van der Waals surface area contributed by atoms with E-state index in [4.69, 9.17) is 9.88 Å². The second-order valence-corrected chi connectivity index (χ2v) is 6.82. The Morgan fingerprint density at radius 3 is 2.35 bits per heavy atom. The van der Waals surface area contributed by atoms with Crippen LogP contribution in [-0.4, -0.2) is 20.5 Å². The summed E-state index contributed by atoms with van der Waals surface area (Å²) in [6, 6.07) is 2.96. The molecule has 0 aromatic heterocycles. The third kappa shape index (κ3) is 3.19. The maximum Gasteiger partial charge on any atom is 0.338 e. The highest BCUT2D eigenvalue weighted by Gasteiger charge is 2.23. The maximum atomic E-state index is 12.2. The van der Waals surface area contributed by atoms with Crippen LogP contribution in [0.2, 0.25) is 0 Å². The number of carbonyl (C=O) groups is 1. The molecule has 1 saturated carbocycles. The smallest absolute Gasteiger partial charge is 0.338 e. The van der Waals surface area contributed by atoms with Gasteiger partial charge in [0.05, 0.1) is 10.5 Å². The van der Waals surface area contributed by atoms with Crippen molar-refractivity contribution in [1.29, 1.82) is 0 Å². The Labute approximate surface area is 119 Å². The average Bonchev–Trinajstić information content (AvgIpc) is 2.79. The van der Waals surface area contributed by atoms with Gasteiger partial charge in [-0.2, -0.15) is 0 Å². The summed E-state index contributed by atoms with van der Waals surface area (Å²) >= 11 is 0. The first-order chi connectivity index (χ1) is 9.29. The van der Waals surface area contributed by atoms with Gasteiger partial charge in [0.2, 0.25) is 10.0 Å². The van der Waals surface area contributed by atoms with Crippen molar-refractivity contribution in [3.8, 4) is 0 Å². The highest BCUT2D eigenvalue weighted by Crippen LogP contribution is 2.24. The van der Waals surface area contributed by atoms with Crippen LogP contribution < -0.4 is 5.14 Å². The van der Waals surface area contributed by atoms with Crippen LogP contribution in [0.4, 0.5) is 0 Å². The van der Waals surface area contributed by atoms with E-state index >= 15 is 0 Å². The highest BCUT2D eigenvalue weighted by molar-refractivity contribution is 7.89. The van der Waals surface area contributed by atoms with Crippen LogP contribution in [0.15, 0.2) is 17.0 Å². The van der Waals surface area contributed by atoms with E-state index in [0.717, 1.165) is 25.7 Å². The number of ether oxygens (including phenoxy) is 1. The van der Waals surface area contributed by atoms with Gasteiger partial charge in [0.1, 0.15) is 6.10 Å². The van der Waals surface area contributed by atoms with Gasteiger partial charge in [0.25, 0.3) is 0 Å². The molecule has 0 aliphatic heterocycles. The van der Waals surface area contributed by atoms with Crippen molar-refractivity contribution in [3.63, 3.8) is 0 Å². The zero-order valence-electron chi connectivity index (χ0n) is 11.7. The quantitative estimate of drug-likeness (QED) is 0.865. The van der Waals surface area contributed by atoms with Crippen LogP contribution >= 0.6 is 0 Å². The van der Waals surface area contributed by atoms with Crippen LogP contribution in [0.3, 0.4) is 0 Å². The minimum absolute atomic E-state index is 0.0264. The van der Waals surface area contributed by atoms with Crippen molar-refractivity contribution in [2.24, 2.45) is 5.14 Å². The van der Waals surface area contributed by atoms with E-state index in [9.17, 15) is 13.2 Å². The van der Waals surface area contributed by atoms with E-state index in [1.54, 1.807) is 19.9 Å². The number of aryl methyl sites for hydroxylation is 2. The molecule has 6 heteroatoms. The number of hydrogen-bond acceptors (Lipinski definition) is 4. The van der Waals surface area contributed by atoms with Crippen molar-refractivity contribution >= 4 is 16.0 Å². The average molecular weight is 297 g/mol. The van der Waals surface area contributed by atoms with Crippen molar-refractivity contribution in [1.82, 2.24) is 0 Å². The zero-order valence-corrected chi connectivity index (χ0v) is 12.5. The Morgan fingerprint density at radius 2 is 1.80 bits per heavy atom. The summed E-state index contributed by atoms with van der Waals surface area (Å²) in [5.41, 5.74) is 1.49. The Bertz CT molecular complexity index is 631. The van der Waals surface area contributed by atoms with E-state index in [0.29, 0.717) is 11.1 Å². The van der Waals surface area contributed by atoms with E-state index < -0.39 is 16.0 Å². The molecule has 1 aliphatic carbocycles. The van der Waals surface area contributed by atoms with E-state index in [-0.39, 0.29) is 16.6 Å². The minimum Gasteiger partial charge on any atom is -0.459 e. The molecule has 0 radical (unpaired) electrons. The number of primary sulfonamides is 1. The first-order valence-electron chi connectivity index (χ1n) is 6.64. The molecule has 2 N–H and O–H groups in total. The number of hydrogen-bond donors (Lipinski definition) is 1. The number of sulfonamides is 1. The van der Waals surface area contributed by atoms with Gasteiger partial charge in [-0.05, 0) is 56.7 Å². The fourth-order valence-electron chi connectivity index (χ4n) is 2.58. The summed E-state index contributed by atoms with van der Waals surface area (Å²) in [6.45, 7) is 3.41. The van der Waals surface area contributed by atoms with Gasteiger partial charge in [-0.25, -0.2) is 18.4 Å². The van der Waals surface area contributed by atoms with E-state index in [1.165, 1.54) is 6.07 Å². The molecule has 0 bridgehead atoms. The fraction of sp³-hybridized carbons (Fsp3) is 0.500. The minimum atomic E-state index is -3.84. The number of esters is 1. The van der Waals surface area contributed by atoms with E-state index in [1.807, 2.05) is 0 Å². The Hall–Kier alpha value is -1.40. The SMILES string of the molecule is Cc1cc(C)c(S(N)(=O)=O)cc1C(=O)OC1CCCC1. The lowest BCUT2D eigenvalue weighted by Crippen LogP contribution is -2.18. The third-order valence-corrected chi connectivity index (χ3v) is 4.68. The molecule has 1 aliphatic rings. The topological polar surface area (TPSA) is 86.5 Å². The molecule has 1 aromatic rings. The lowest BCUT2D eigenvalue weighted by atomic mass is 10.1. The lowest BCUT2D eigenvalue weighted by molar-refractivity contribution is 0.0316. The van der Waals surface area contributed by atoms with Crippen LogP contribution in [0, 0.1) is 13.8 Å². The molecule has 0 unspecified atom stereocenters. The molecule has 0 spiro atoms. The van der Waals surface area contributed by atoms with Gasteiger partial charge >= 0.3 is 5.97 Å². The molecule has 1 aromatic carbocycles. The Kier molecular flexibility index (Phi) is 4.15. The summed E-state index contributed by atoms with van der Waals surface area (Å²) < 4.78 is 28.4. The largest absolute Gasteiger partial charge is 0.459 e. The first kappa shape index (κ1) is 15.0. The predicted octanol–water partition coefficient (Wildman–Crippen LogP) is 2.05. The summed E-state index contributed by atoms with van der Waals surface area (Å²) in [6.07, 6.45) is 3.82. The van der Waals surface area contributed by atoms with Crippen molar-refractivity contribution < 1.29 is 17.9 Å². The summed E-state index contributed by atoms with van der Waals surface area (Å²) in [5.74, 6) is -0.473. The fourth-order valence-corrected chi connectivity index (χ4v) is 3.37. The molecule has 1 fully saturated rings. The number of rotatable bonds is 3. The lowest BCUT2D eigenvalue weighted by Gasteiger charge is -2.14. The van der Waals surface area contributed by atoms with Crippen LogP contribution in [0.5, 0.6) is 0 Å². The van der Waals surface area contributed by atoms with Crippen LogP contribution in [0.1, 0.15) is 47.2 Å². The molecular formula is C14H19NO4S. The molecule has 110 valence electrons. The molecule has 0 amide bonds. The van der Waals surface area contributed by atoms with Gasteiger partial charge in [0, 0.05) is 0 Å². The van der Waals surface area contributed by atoms with Crippen LogP contribution in [-0.2, 0) is 14.8 Å². The number of nitrogens with two attached hydrogens (primary N) is 1. The number of benzene rings is 1. The van der Waals surface area contributed by atoms with Gasteiger partial charge in [0.15, 0.2) is 0 Å². The molecular weight excluding hydrogens is 278 g/mol. The van der Waals surface area contributed by atoms with Gasteiger partial charge in [-0.3, -0.25) is 0 Å². The Morgan fingerprint density at radius 1 is 1.20 bits per heavy atom. The standard InChI is InChI=1S/C14H19NO4S/c1-9-7-10(2)13(20(15,17)18)8-12(9)14(16)19-11-5-3-4-6-11/h7-8,11H,3-6H2,1-2H3,(H2,15,17,18). The van der Waals surface area contributed by atoms with Crippen molar-refractivity contribution in [2.45, 2.75) is 50.5 Å². The Balaban J connectivity index is 2.33. The molecule has 0 saturated heterocycles. The number of carbonyl (C=O) groups excluding carboxylic acids is 1. The molecule has 0 atom stereocenters. The van der Waals surface area contributed by atoms with E-state index in [2.05, 4.69) is 0 Å². The normalized spacial score (nSPS) is 16.4. The highest BCUT2D eigenvalue weighted by atomic mass is 32.2. The summed E-state index contributed by atoms with van der Waals surface area (Å²) in [5, 5.41) is 5.16. The molecule has 0 heterocycles. The van der Waals surface area contributed by atoms with Gasteiger partial charge in [-0.15, -0.1) is 0 Å². The van der Waals surface area contributed by atoms with Crippen molar-refractivity contribution in [3.05, 3.63) is 28.8 Å². The molecule has 5 nitrogen and oxygen atoms in total. The maximum absolute atomic E-state index is 12.2. The predicted molar refractivity (Wildman–Crippen MR) is 75.0 cm³/mol. The van der Waals surface area contributed by atoms with Gasteiger partial charge in [-0.1, -0.05) is 6.07 Å².